The summed E-state index contributed by atoms with van der Waals surface area (Å²) in [5, 5.41) is 1.30. The Kier molecular flexibility index (Phi) is 6.20. The number of para-hydroxylation sites is 1. The van der Waals surface area contributed by atoms with Crippen LogP contribution < -0.4 is 10.3 Å². The minimum Gasteiger partial charge on any atom is -0.493 e. The Hall–Kier alpha value is -2.32. The van der Waals surface area contributed by atoms with Crippen molar-refractivity contribution in [2.45, 2.75) is 12.1 Å². The topological polar surface area (TPSA) is 44.1 Å². The van der Waals surface area contributed by atoms with Crippen LogP contribution in [0.15, 0.2) is 82.7 Å². The molecule has 4 aromatic rings. The molecule has 4 nitrogen and oxygen atoms in total. The van der Waals surface area contributed by atoms with Crippen LogP contribution in [-0.4, -0.2) is 21.9 Å². The van der Waals surface area contributed by atoms with Crippen LogP contribution in [-0.2, 0) is 0 Å². The molecule has 0 aliphatic carbocycles. The molecule has 0 bridgehead atoms. The monoisotopic (exact) mass is 514 g/mol. The second-order valence-corrected chi connectivity index (χ2v) is 8.85. The molecule has 0 radical (unpaired) electrons. The molecule has 0 amide bonds. The molecule has 29 heavy (non-hydrogen) atoms. The molecule has 0 aliphatic heterocycles. The average molecular weight is 514 g/mol. The molecule has 0 aliphatic rings. The van der Waals surface area contributed by atoms with Gasteiger partial charge in [-0.3, -0.25) is 9.36 Å². The highest BCUT2D eigenvalue weighted by atomic mass is 127. The van der Waals surface area contributed by atoms with Gasteiger partial charge in [0.15, 0.2) is 5.16 Å². The van der Waals surface area contributed by atoms with Crippen LogP contribution in [0.1, 0.15) is 5.56 Å². The highest BCUT2D eigenvalue weighted by Gasteiger charge is 2.14. The van der Waals surface area contributed by atoms with Gasteiger partial charge in [-0.25, -0.2) is 4.98 Å². The Labute approximate surface area is 187 Å². The quantitative estimate of drug-likeness (QED) is 0.148. The molecule has 0 unspecified atom stereocenters. The lowest BCUT2D eigenvalue weighted by atomic mass is 10.2. The standard InChI is InChI=1S/C23H19IN2O2S/c1-16-6-5-7-18(14-16)26-22(27)20-15-17(24)10-11-21(20)25-23(26)29-13-12-28-19-8-3-2-4-9-19/h2-11,14-15H,12-13H2,1H3. The summed E-state index contributed by atoms with van der Waals surface area (Å²) < 4.78 is 8.51. The minimum atomic E-state index is -0.0504. The van der Waals surface area contributed by atoms with Crippen molar-refractivity contribution in [3.8, 4) is 11.4 Å². The smallest absolute Gasteiger partial charge is 0.266 e. The zero-order valence-electron chi connectivity index (χ0n) is 15.8. The molecular weight excluding hydrogens is 495 g/mol. The van der Waals surface area contributed by atoms with Gasteiger partial charge in [-0.05, 0) is 77.5 Å². The molecule has 6 heteroatoms. The number of aryl methyl sites for hydroxylation is 1. The van der Waals surface area contributed by atoms with E-state index >= 15 is 0 Å². The summed E-state index contributed by atoms with van der Waals surface area (Å²) >= 11 is 3.75. The van der Waals surface area contributed by atoms with Crippen molar-refractivity contribution in [1.29, 1.82) is 0 Å². The first kappa shape index (κ1) is 20.0. The maximum Gasteiger partial charge on any atom is 0.266 e. The summed E-state index contributed by atoms with van der Waals surface area (Å²) in [6.07, 6.45) is 0. The molecule has 1 heterocycles. The molecule has 146 valence electrons. The molecule has 0 saturated carbocycles. The zero-order chi connectivity index (χ0) is 20.2. The van der Waals surface area contributed by atoms with Crippen molar-refractivity contribution in [3.63, 3.8) is 0 Å². The van der Waals surface area contributed by atoms with Gasteiger partial charge >= 0.3 is 0 Å². The number of benzene rings is 3. The molecule has 0 fully saturated rings. The fourth-order valence-electron chi connectivity index (χ4n) is 3.04. The Morgan fingerprint density at radius 1 is 1.03 bits per heavy atom. The van der Waals surface area contributed by atoms with E-state index in [9.17, 15) is 4.79 Å². The lowest BCUT2D eigenvalue weighted by Gasteiger charge is -2.14. The zero-order valence-corrected chi connectivity index (χ0v) is 18.8. The number of thioether (sulfide) groups is 1. The van der Waals surface area contributed by atoms with Crippen LogP contribution in [0.4, 0.5) is 0 Å². The lowest BCUT2D eigenvalue weighted by Crippen LogP contribution is -2.22. The lowest BCUT2D eigenvalue weighted by molar-refractivity contribution is 0.344. The fourth-order valence-corrected chi connectivity index (χ4v) is 4.36. The van der Waals surface area contributed by atoms with Crippen LogP contribution in [0.2, 0.25) is 0 Å². The van der Waals surface area contributed by atoms with Crippen molar-refractivity contribution in [2.24, 2.45) is 0 Å². The Morgan fingerprint density at radius 2 is 1.86 bits per heavy atom. The first-order valence-electron chi connectivity index (χ1n) is 9.22. The molecule has 0 spiro atoms. The second kappa shape index (κ2) is 9.00. The van der Waals surface area contributed by atoms with Crippen LogP contribution in [0.3, 0.4) is 0 Å². The van der Waals surface area contributed by atoms with Crippen molar-refractivity contribution >= 4 is 45.3 Å². The second-order valence-electron chi connectivity index (χ2n) is 6.55. The molecule has 0 atom stereocenters. The van der Waals surface area contributed by atoms with Crippen molar-refractivity contribution in [3.05, 3.63) is 92.3 Å². The van der Waals surface area contributed by atoms with Gasteiger partial charge in [0.2, 0.25) is 0 Å². The van der Waals surface area contributed by atoms with Gasteiger partial charge in [0.1, 0.15) is 5.75 Å². The van der Waals surface area contributed by atoms with Gasteiger partial charge in [0.25, 0.3) is 5.56 Å². The molecule has 0 N–H and O–H groups in total. The largest absolute Gasteiger partial charge is 0.493 e. The number of hydrogen-bond acceptors (Lipinski definition) is 4. The number of ether oxygens (including phenoxy) is 1. The minimum absolute atomic E-state index is 0.0504. The summed E-state index contributed by atoms with van der Waals surface area (Å²) in [6.45, 7) is 2.55. The predicted molar refractivity (Wildman–Crippen MR) is 127 cm³/mol. The van der Waals surface area contributed by atoms with Gasteiger partial charge in [-0.1, -0.05) is 42.1 Å². The molecule has 0 saturated heterocycles. The summed E-state index contributed by atoms with van der Waals surface area (Å²) in [5.74, 6) is 1.52. The van der Waals surface area contributed by atoms with E-state index in [1.165, 1.54) is 11.8 Å². The summed E-state index contributed by atoms with van der Waals surface area (Å²) in [6, 6.07) is 23.4. The third kappa shape index (κ3) is 4.64. The van der Waals surface area contributed by atoms with Crippen molar-refractivity contribution < 1.29 is 4.74 Å². The van der Waals surface area contributed by atoms with Crippen LogP contribution in [0.25, 0.3) is 16.6 Å². The average Bonchev–Trinajstić information content (AvgIpc) is 2.73. The normalized spacial score (nSPS) is 11.0. The van der Waals surface area contributed by atoms with E-state index in [-0.39, 0.29) is 5.56 Å². The van der Waals surface area contributed by atoms with Crippen LogP contribution in [0.5, 0.6) is 5.75 Å². The van der Waals surface area contributed by atoms with Crippen LogP contribution >= 0.6 is 34.4 Å². The summed E-state index contributed by atoms with van der Waals surface area (Å²) in [7, 11) is 0. The number of nitrogens with zero attached hydrogens (tertiary/aromatic N) is 2. The number of halogens is 1. The van der Waals surface area contributed by atoms with E-state index in [4.69, 9.17) is 9.72 Å². The van der Waals surface area contributed by atoms with E-state index in [2.05, 4.69) is 22.6 Å². The Morgan fingerprint density at radius 3 is 2.66 bits per heavy atom. The van der Waals surface area contributed by atoms with E-state index in [0.29, 0.717) is 28.4 Å². The number of fused-ring (bicyclic) bond motifs is 1. The number of aromatic nitrogens is 2. The van der Waals surface area contributed by atoms with E-state index in [1.807, 2.05) is 79.7 Å². The van der Waals surface area contributed by atoms with Gasteiger partial charge < -0.3 is 4.74 Å². The van der Waals surface area contributed by atoms with E-state index in [0.717, 1.165) is 20.6 Å². The number of hydrogen-bond donors (Lipinski definition) is 0. The Balaban J connectivity index is 1.68. The Bertz CT molecular complexity index is 1210. The summed E-state index contributed by atoms with van der Waals surface area (Å²) in [5.41, 5.74) is 2.59. The highest BCUT2D eigenvalue weighted by Crippen LogP contribution is 2.23. The van der Waals surface area contributed by atoms with E-state index < -0.39 is 0 Å². The summed E-state index contributed by atoms with van der Waals surface area (Å²) in [4.78, 5) is 18.1. The van der Waals surface area contributed by atoms with Crippen molar-refractivity contribution in [2.75, 3.05) is 12.4 Å². The van der Waals surface area contributed by atoms with E-state index in [1.54, 1.807) is 4.57 Å². The van der Waals surface area contributed by atoms with Gasteiger partial charge in [-0.2, -0.15) is 0 Å². The van der Waals surface area contributed by atoms with Crippen molar-refractivity contribution in [1.82, 2.24) is 9.55 Å². The maximum absolute atomic E-state index is 13.3. The first-order valence-corrected chi connectivity index (χ1v) is 11.3. The SMILES string of the molecule is Cc1cccc(-n2c(SCCOc3ccccc3)nc3ccc(I)cc3c2=O)c1. The fraction of sp³-hybridized carbons (Fsp3) is 0.130. The molecule has 1 aromatic heterocycles. The molecule has 4 rings (SSSR count). The maximum atomic E-state index is 13.3. The van der Waals surface area contributed by atoms with Crippen LogP contribution in [0, 0.1) is 10.5 Å². The first-order chi connectivity index (χ1) is 14.1. The molecular formula is C23H19IN2O2S. The molecule has 3 aromatic carbocycles. The van der Waals surface area contributed by atoms with Gasteiger partial charge in [0, 0.05) is 9.32 Å². The third-order valence-corrected chi connectivity index (χ3v) is 5.96. The van der Waals surface area contributed by atoms with Gasteiger partial charge in [0.05, 0.1) is 23.2 Å². The highest BCUT2D eigenvalue weighted by molar-refractivity contribution is 14.1. The van der Waals surface area contributed by atoms with Gasteiger partial charge in [-0.15, -0.1) is 0 Å². The predicted octanol–water partition coefficient (Wildman–Crippen LogP) is 5.47. The third-order valence-electron chi connectivity index (χ3n) is 4.39. The number of rotatable bonds is 6.